The molecule has 0 spiro atoms. The zero-order valence-electron chi connectivity index (χ0n) is 22.5. The van der Waals surface area contributed by atoms with Crippen molar-refractivity contribution in [3.8, 4) is 0 Å². The second-order valence-corrected chi connectivity index (χ2v) is 14.4. The van der Waals surface area contributed by atoms with Crippen LogP contribution in [0.4, 0.5) is 0 Å². The van der Waals surface area contributed by atoms with E-state index in [4.69, 9.17) is 0 Å². The van der Waals surface area contributed by atoms with E-state index in [0.29, 0.717) is 29.0 Å². The molecule has 0 aromatic heterocycles. The lowest BCUT2D eigenvalue weighted by molar-refractivity contribution is -0.258. The van der Waals surface area contributed by atoms with E-state index >= 15 is 0 Å². The number of ketones is 1. The largest absolute Gasteiger partial charge is 0.348 e. The summed E-state index contributed by atoms with van der Waals surface area (Å²) in [6.07, 6.45) is 11.5. The fraction of sp³-hybridized carbons (Fsp3) is 0.867. The van der Waals surface area contributed by atoms with Crippen molar-refractivity contribution in [2.24, 2.45) is 56.7 Å². The van der Waals surface area contributed by atoms with Gasteiger partial charge in [0.05, 0.1) is 5.41 Å². The van der Waals surface area contributed by atoms with Crippen molar-refractivity contribution in [3.63, 3.8) is 0 Å². The molecule has 0 aromatic rings. The molecule has 0 aliphatic heterocycles. The van der Waals surface area contributed by atoms with Gasteiger partial charge in [-0.25, -0.2) is 4.79 Å². The van der Waals surface area contributed by atoms with Crippen LogP contribution >= 0.6 is 0 Å². The summed E-state index contributed by atoms with van der Waals surface area (Å²) in [5, 5.41) is 9.31. The zero-order valence-corrected chi connectivity index (χ0v) is 22.5. The van der Waals surface area contributed by atoms with Crippen LogP contribution in [-0.2, 0) is 14.5 Å². The predicted octanol–water partition coefficient (Wildman–Crippen LogP) is 7.23. The van der Waals surface area contributed by atoms with Gasteiger partial charge in [0.2, 0.25) is 0 Å². The first-order valence-electron chi connectivity index (χ1n) is 13.9. The monoisotopic (exact) mass is 470 g/mol. The molecule has 1 N–H and O–H groups in total. The Labute approximate surface area is 206 Å². The van der Waals surface area contributed by atoms with Gasteiger partial charge in [0.15, 0.2) is 5.78 Å². The van der Waals surface area contributed by atoms with E-state index in [-0.39, 0.29) is 28.1 Å². The van der Waals surface area contributed by atoms with Crippen LogP contribution in [0, 0.1) is 56.7 Å². The van der Waals surface area contributed by atoms with Crippen molar-refractivity contribution >= 4 is 11.8 Å². The van der Waals surface area contributed by atoms with Gasteiger partial charge in [-0.3, -0.25) is 4.79 Å². The maximum Gasteiger partial charge on any atom is 0.348 e. The first-order chi connectivity index (χ1) is 15.8. The minimum atomic E-state index is -0.729. The molecule has 5 aliphatic rings. The summed E-state index contributed by atoms with van der Waals surface area (Å²) in [5.74, 6) is 1.54. The third-order valence-electron chi connectivity index (χ3n) is 13.1. The molecular formula is C30H46O4. The van der Waals surface area contributed by atoms with Crippen LogP contribution < -0.4 is 0 Å². The zero-order chi connectivity index (χ0) is 24.9. The summed E-state index contributed by atoms with van der Waals surface area (Å²) in [4.78, 5) is 31.4. The highest BCUT2D eigenvalue weighted by Crippen LogP contribution is 2.75. The molecule has 0 amide bonds. The van der Waals surface area contributed by atoms with Crippen molar-refractivity contribution in [2.45, 2.75) is 106 Å². The van der Waals surface area contributed by atoms with Crippen LogP contribution in [0.5, 0.6) is 0 Å². The van der Waals surface area contributed by atoms with Gasteiger partial charge in [-0.1, -0.05) is 53.5 Å². The summed E-state index contributed by atoms with van der Waals surface area (Å²) in [7, 11) is 0. The maximum absolute atomic E-state index is 14.3. The molecule has 0 radical (unpaired) electrons. The standard InChI is InChI=1S/C30H46O4/c1-18-9-13-26(3)15-16-29(6)20(23(26)19(18)2)17-21(31)24-27(4)11-8-12-28(5,25(32)34-33)22(27)10-14-30(24,29)7/h17-19,22-24,33H,8-16H2,1-7H3/t18-,19+,22?,23+,24-,26-,27+,28?,29-,30-/m1/s1. The highest BCUT2D eigenvalue weighted by molar-refractivity contribution is 5.96. The summed E-state index contributed by atoms with van der Waals surface area (Å²) in [6, 6.07) is 0. The van der Waals surface area contributed by atoms with Crippen LogP contribution in [0.25, 0.3) is 0 Å². The first kappa shape index (κ1) is 24.5. The summed E-state index contributed by atoms with van der Waals surface area (Å²) < 4.78 is 0. The highest BCUT2D eigenvalue weighted by Gasteiger charge is 2.70. The summed E-state index contributed by atoms with van der Waals surface area (Å²) in [6.45, 7) is 16.5. The highest BCUT2D eigenvalue weighted by atomic mass is 17.1. The number of carbonyl (C=O) groups excluding carboxylic acids is 2. The van der Waals surface area contributed by atoms with E-state index in [1.807, 2.05) is 6.92 Å². The van der Waals surface area contributed by atoms with Crippen LogP contribution in [0.2, 0.25) is 0 Å². The van der Waals surface area contributed by atoms with Gasteiger partial charge in [0, 0.05) is 5.92 Å². The molecule has 0 aromatic carbocycles. The third kappa shape index (κ3) is 2.81. The molecule has 5 rings (SSSR count). The Morgan fingerprint density at radius 3 is 2.35 bits per heavy atom. The minimum Gasteiger partial charge on any atom is -0.300 e. The minimum absolute atomic E-state index is 0.0143. The molecule has 4 nitrogen and oxygen atoms in total. The van der Waals surface area contributed by atoms with Crippen LogP contribution in [0.1, 0.15) is 106 Å². The second kappa shape index (κ2) is 7.43. The molecule has 4 heteroatoms. The lowest BCUT2D eigenvalue weighted by atomic mass is 9.33. The fourth-order valence-corrected chi connectivity index (χ4v) is 10.8. The Balaban J connectivity index is 1.63. The molecule has 190 valence electrons. The average molecular weight is 471 g/mol. The van der Waals surface area contributed by atoms with Crippen molar-refractivity contribution in [1.82, 2.24) is 0 Å². The third-order valence-corrected chi connectivity index (χ3v) is 13.1. The quantitative estimate of drug-likeness (QED) is 0.324. The predicted molar refractivity (Wildman–Crippen MR) is 133 cm³/mol. The van der Waals surface area contributed by atoms with Gasteiger partial charge in [-0.2, -0.15) is 5.26 Å². The van der Waals surface area contributed by atoms with E-state index in [1.54, 1.807) is 0 Å². The molecule has 0 heterocycles. The summed E-state index contributed by atoms with van der Waals surface area (Å²) >= 11 is 0. The van der Waals surface area contributed by atoms with Gasteiger partial charge in [-0.15, -0.1) is 0 Å². The van der Waals surface area contributed by atoms with Gasteiger partial charge >= 0.3 is 5.97 Å². The van der Waals surface area contributed by atoms with Crippen molar-refractivity contribution in [1.29, 1.82) is 0 Å². The normalized spacial score (nSPS) is 54.6. The molecule has 34 heavy (non-hydrogen) atoms. The Hall–Kier alpha value is -1.16. The van der Waals surface area contributed by atoms with Gasteiger partial charge in [0.25, 0.3) is 0 Å². The van der Waals surface area contributed by atoms with Gasteiger partial charge < -0.3 is 4.89 Å². The smallest absolute Gasteiger partial charge is 0.300 e. The number of rotatable bonds is 1. The Morgan fingerprint density at radius 1 is 0.971 bits per heavy atom. The molecular weight excluding hydrogens is 424 g/mol. The lowest BCUT2D eigenvalue weighted by Crippen LogP contribution is -2.66. The van der Waals surface area contributed by atoms with Gasteiger partial charge in [0.1, 0.15) is 0 Å². The van der Waals surface area contributed by atoms with Crippen LogP contribution in [-0.4, -0.2) is 17.0 Å². The molecule has 2 unspecified atom stereocenters. The Bertz CT molecular complexity index is 938. The molecule has 4 saturated carbocycles. The topological polar surface area (TPSA) is 63.6 Å². The fourth-order valence-electron chi connectivity index (χ4n) is 10.8. The Kier molecular flexibility index (Phi) is 5.36. The number of hydrogen-bond donors (Lipinski definition) is 1. The lowest BCUT2D eigenvalue weighted by Gasteiger charge is -2.70. The first-order valence-corrected chi connectivity index (χ1v) is 13.9. The van der Waals surface area contributed by atoms with Crippen molar-refractivity contribution in [2.75, 3.05) is 0 Å². The van der Waals surface area contributed by atoms with Crippen LogP contribution in [0.3, 0.4) is 0 Å². The van der Waals surface area contributed by atoms with Gasteiger partial charge in [-0.05, 0) is 110 Å². The molecule has 10 atom stereocenters. The average Bonchev–Trinajstić information content (AvgIpc) is 2.77. The van der Waals surface area contributed by atoms with E-state index in [1.165, 1.54) is 24.8 Å². The number of hydrogen-bond acceptors (Lipinski definition) is 4. The molecule has 4 fully saturated rings. The van der Waals surface area contributed by atoms with E-state index in [2.05, 4.69) is 52.5 Å². The van der Waals surface area contributed by atoms with Crippen molar-refractivity contribution < 1.29 is 19.7 Å². The summed E-state index contributed by atoms with van der Waals surface area (Å²) in [5.41, 5.74) is 0.674. The van der Waals surface area contributed by atoms with Crippen molar-refractivity contribution in [3.05, 3.63) is 11.6 Å². The number of allylic oxidation sites excluding steroid dienone is 2. The SMILES string of the molecule is C[C@H]1[C@H](C)CC[C@]2(C)CC[C@]3(C)C(=CC(=O)[C@@H]4[C@@]5(C)CCCC(C)(C(=O)OO)C5CC[C@]43C)[C@H]12. The molecule has 0 bridgehead atoms. The number of carbonyl (C=O) groups is 2. The van der Waals surface area contributed by atoms with E-state index in [9.17, 15) is 14.8 Å². The Morgan fingerprint density at radius 2 is 1.68 bits per heavy atom. The second-order valence-electron chi connectivity index (χ2n) is 14.4. The molecule has 5 aliphatic carbocycles. The van der Waals surface area contributed by atoms with E-state index in [0.717, 1.165) is 38.5 Å². The maximum atomic E-state index is 14.3. The molecule has 0 saturated heterocycles. The number of fused-ring (bicyclic) bond motifs is 7. The van der Waals surface area contributed by atoms with E-state index < -0.39 is 11.4 Å². The van der Waals surface area contributed by atoms with Crippen LogP contribution in [0.15, 0.2) is 11.6 Å².